The van der Waals surface area contributed by atoms with Gasteiger partial charge in [-0.2, -0.15) is 5.10 Å². The van der Waals surface area contributed by atoms with Crippen molar-refractivity contribution in [3.05, 3.63) is 71.1 Å². The van der Waals surface area contributed by atoms with E-state index in [1.165, 1.54) is 12.1 Å². The van der Waals surface area contributed by atoms with Crippen molar-refractivity contribution < 1.29 is 13.9 Å². The third kappa shape index (κ3) is 4.04. The number of halogens is 2. The second kappa shape index (κ2) is 7.97. The van der Waals surface area contributed by atoms with Gasteiger partial charge in [0.05, 0.1) is 28.6 Å². The topological polar surface area (TPSA) is 47.4 Å². The summed E-state index contributed by atoms with van der Waals surface area (Å²) in [5, 5.41) is 5.17. The van der Waals surface area contributed by atoms with Gasteiger partial charge in [0.2, 0.25) is 0 Å². The third-order valence-electron chi connectivity index (χ3n) is 4.86. The predicted molar refractivity (Wildman–Crippen MR) is 110 cm³/mol. The van der Waals surface area contributed by atoms with Gasteiger partial charge in [-0.3, -0.25) is 4.79 Å². The summed E-state index contributed by atoms with van der Waals surface area (Å²) in [4.78, 5) is 15.2. The van der Waals surface area contributed by atoms with Gasteiger partial charge < -0.3 is 9.64 Å². The fraction of sp³-hybridized carbons (Fsp3) is 0.273. The molecular weight excluding hydrogens is 393 g/mol. The van der Waals surface area contributed by atoms with Crippen LogP contribution in [0.3, 0.4) is 0 Å². The summed E-state index contributed by atoms with van der Waals surface area (Å²) in [7, 11) is 0. The second-order valence-electron chi connectivity index (χ2n) is 7.25. The number of morpholine rings is 1. The maximum atomic E-state index is 13.4. The van der Waals surface area contributed by atoms with Crippen LogP contribution in [-0.4, -0.2) is 45.9 Å². The van der Waals surface area contributed by atoms with E-state index in [9.17, 15) is 9.18 Å². The van der Waals surface area contributed by atoms with Crippen LogP contribution in [0.15, 0.2) is 54.6 Å². The molecule has 29 heavy (non-hydrogen) atoms. The largest absolute Gasteiger partial charge is 0.372 e. The average molecular weight is 414 g/mol. The number of benzene rings is 2. The zero-order valence-corrected chi connectivity index (χ0v) is 16.9. The van der Waals surface area contributed by atoms with Gasteiger partial charge in [-0.25, -0.2) is 9.07 Å². The van der Waals surface area contributed by atoms with Gasteiger partial charge in [-0.1, -0.05) is 29.8 Å². The summed E-state index contributed by atoms with van der Waals surface area (Å²) in [6.07, 6.45) is -0.0964. The summed E-state index contributed by atoms with van der Waals surface area (Å²) >= 11 is 6.34. The summed E-state index contributed by atoms with van der Waals surface area (Å²) < 4.78 is 20.7. The van der Waals surface area contributed by atoms with Gasteiger partial charge >= 0.3 is 0 Å². The molecule has 5 nitrogen and oxygen atoms in total. The minimum absolute atomic E-state index is 0.0482. The first-order valence-electron chi connectivity index (χ1n) is 9.48. The lowest BCUT2D eigenvalue weighted by Crippen LogP contribution is -2.48. The van der Waals surface area contributed by atoms with E-state index in [1.54, 1.807) is 33.8 Å². The van der Waals surface area contributed by atoms with Crippen molar-refractivity contribution in [2.45, 2.75) is 26.1 Å². The van der Waals surface area contributed by atoms with Gasteiger partial charge in [0.1, 0.15) is 11.5 Å². The monoisotopic (exact) mass is 413 g/mol. The maximum absolute atomic E-state index is 13.4. The number of carbonyl (C=O) groups excluding carboxylic acids is 1. The van der Waals surface area contributed by atoms with Crippen LogP contribution in [0.25, 0.3) is 16.9 Å². The van der Waals surface area contributed by atoms with Crippen molar-refractivity contribution in [3.8, 4) is 16.9 Å². The average Bonchev–Trinajstić information content (AvgIpc) is 3.12. The molecule has 0 spiro atoms. The molecular formula is C22H21ClFN3O2. The molecule has 1 fully saturated rings. The molecule has 0 aliphatic carbocycles. The van der Waals surface area contributed by atoms with Crippen LogP contribution in [0, 0.1) is 5.82 Å². The fourth-order valence-corrected chi connectivity index (χ4v) is 3.85. The number of rotatable bonds is 3. The van der Waals surface area contributed by atoms with E-state index in [-0.39, 0.29) is 23.9 Å². The highest BCUT2D eigenvalue weighted by molar-refractivity contribution is 6.33. The molecule has 0 N–H and O–H groups in total. The van der Waals surface area contributed by atoms with Crippen molar-refractivity contribution in [3.63, 3.8) is 0 Å². The van der Waals surface area contributed by atoms with Crippen LogP contribution < -0.4 is 0 Å². The standard InChI is InChI=1S/C22H21ClFN3O2/c1-14-12-26(13-15(2)29-14)22(28)21-11-20(18-5-3-4-6-19(18)23)25-27(21)17-9-7-16(24)8-10-17/h3-11,14-15H,12-13H2,1-2H3. The van der Waals surface area contributed by atoms with Gasteiger partial charge in [-0.15, -0.1) is 0 Å². The van der Waals surface area contributed by atoms with Crippen LogP contribution in [-0.2, 0) is 4.74 Å². The van der Waals surface area contributed by atoms with Gasteiger partial charge in [0, 0.05) is 18.7 Å². The molecule has 150 valence electrons. The van der Waals surface area contributed by atoms with Crippen molar-refractivity contribution in [2.24, 2.45) is 0 Å². The number of carbonyl (C=O) groups is 1. The Balaban J connectivity index is 1.79. The first kappa shape index (κ1) is 19.6. The van der Waals surface area contributed by atoms with E-state index in [0.717, 1.165) is 5.56 Å². The van der Waals surface area contributed by atoms with Crippen molar-refractivity contribution in [2.75, 3.05) is 13.1 Å². The number of hydrogen-bond acceptors (Lipinski definition) is 3. The van der Waals surface area contributed by atoms with E-state index < -0.39 is 0 Å². The minimum Gasteiger partial charge on any atom is -0.372 e. The Hall–Kier alpha value is -2.70. The summed E-state index contributed by atoms with van der Waals surface area (Å²) in [5.41, 5.74) is 2.31. The summed E-state index contributed by atoms with van der Waals surface area (Å²) in [5.74, 6) is -0.502. The Kier molecular flexibility index (Phi) is 5.39. The number of ether oxygens (including phenoxy) is 1. The van der Waals surface area contributed by atoms with Crippen LogP contribution >= 0.6 is 11.6 Å². The quantitative estimate of drug-likeness (QED) is 0.631. The highest BCUT2D eigenvalue weighted by atomic mass is 35.5. The van der Waals surface area contributed by atoms with Crippen LogP contribution in [0.2, 0.25) is 5.02 Å². The predicted octanol–water partition coefficient (Wildman–Crippen LogP) is 4.58. The molecule has 0 radical (unpaired) electrons. The van der Waals surface area contributed by atoms with Crippen molar-refractivity contribution in [1.82, 2.24) is 14.7 Å². The minimum atomic E-state index is -0.351. The lowest BCUT2D eigenvalue weighted by atomic mass is 10.1. The Morgan fingerprint density at radius 3 is 2.41 bits per heavy atom. The van der Waals surface area contributed by atoms with Crippen molar-refractivity contribution >= 4 is 17.5 Å². The summed E-state index contributed by atoms with van der Waals surface area (Å²) in [6.45, 7) is 4.89. The van der Waals surface area contributed by atoms with Crippen LogP contribution in [0.5, 0.6) is 0 Å². The normalized spacial score (nSPS) is 19.4. The maximum Gasteiger partial charge on any atom is 0.272 e. The van der Waals surface area contributed by atoms with E-state index >= 15 is 0 Å². The molecule has 7 heteroatoms. The number of hydrogen-bond donors (Lipinski definition) is 0. The van der Waals surface area contributed by atoms with Crippen LogP contribution in [0.1, 0.15) is 24.3 Å². The zero-order chi connectivity index (χ0) is 20.5. The number of amides is 1. The first-order valence-corrected chi connectivity index (χ1v) is 9.86. The van der Waals surface area contributed by atoms with Gasteiger partial charge in [0.25, 0.3) is 5.91 Å². The third-order valence-corrected chi connectivity index (χ3v) is 5.19. The lowest BCUT2D eigenvalue weighted by molar-refractivity contribution is -0.0588. The highest BCUT2D eigenvalue weighted by Gasteiger charge is 2.29. The van der Waals surface area contributed by atoms with E-state index in [0.29, 0.717) is 35.2 Å². The molecule has 3 aromatic rings. The molecule has 2 heterocycles. The molecule has 2 unspecified atom stereocenters. The molecule has 2 aromatic carbocycles. The van der Waals surface area contributed by atoms with Gasteiger partial charge in [-0.05, 0) is 50.2 Å². The Morgan fingerprint density at radius 1 is 1.10 bits per heavy atom. The summed E-state index contributed by atoms with van der Waals surface area (Å²) in [6, 6.07) is 15.0. The lowest BCUT2D eigenvalue weighted by Gasteiger charge is -2.35. The molecule has 2 atom stereocenters. The fourth-order valence-electron chi connectivity index (χ4n) is 3.62. The van der Waals surface area contributed by atoms with E-state index in [2.05, 4.69) is 5.10 Å². The SMILES string of the molecule is CC1CN(C(=O)c2cc(-c3ccccc3Cl)nn2-c2ccc(F)cc2)CC(C)O1. The smallest absolute Gasteiger partial charge is 0.272 e. The molecule has 0 bridgehead atoms. The Morgan fingerprint density at radius 2 is 1.76 bits per heavy atom. The van der Waals surface area contributed by atoms with Gasteiger partial charge in [0.15, 0.2) is 0 Å². The molecule has 0 saturated carbocycles. The second-order valence-corrected chi connectivity index (χ2v) is 7.66. The molecule has 1 aromatic heterocycles. The molecule has 1 amide bonds. The molecule has 1 saturated heterocycles. The molecule has 1 aliphatic heterocycles. The number of nitrogens with zero attached hydrogens (tertiary/aromatic N) is 3. The molecule has 1 aliphatic rings. The molecule has 4 rings (SSSR count). The zero-order valence-electron chi connectivity index (χ0n) is 16.2. The van der Waals surface area contributed by atoms with Crippen LogP contribution in [0.4, 0.5) is 4.39 Å². The highest BCUT2D eigenvalue weighted by Crippen LogP contribution is 2.29. The Labute approximate surface area is 173 Å². The number of aromatic nitrogens is 2. The van der Waals surface area contributed by atoms with E-state index in [1.807, 2.05) is 32.0 Å². The van der Waals surface area contributed by atoms with E-state index in [4.69, 9.17) is 16.3 Å². The van der Waals surface area contributed by atoms with Crippen molar-refractivity contribution in [1.29, 1.82) is 0 Å². The first-order chi connectivity index (χ1) is 13.9. The Bertz CT molecular complexity index is 1020.